The van der Waals surface area contributed by atoms with Gasteiger partial charge in [-0.2, -0.15) is 5.10 Å². The van der Waals surface area contributed by atoms with Gasteiger partial charge in [0, 0.05) is 32.1 Å². The topological polar surface area (TPSA) is 69.4 Å². The highest BCUT2D eigenvalue weighted by Gasteiger charge is 2.31. The number of piperidine rings is 1. The van der Waals surface area contributed by atoms with Crippen molar-refractivity contribution in [3.05, 3.63) is 58.8 Å². The number of amides is 1. The number of hydrogen-bond donors (Lipinski definition) is 0. The van der Waals surface area contributed by atoms with Crippen LogP contribution in [0.1, 0.15) is 56.3 Å². The number of benzene rings is 2. The molecule has 3 aromatic rings. The maximum absolute atomic E-state index is 12.7. The zero-order valence-electron chi connectivity index (χ0n) is 18.6. The molecule has 32 heavy (non-hydrogen) atoms. The van der Waals surface area contributed by atoms with E-state index >= 15 is 0 Å². The first kappa shape index (κ1) is 20.8. The second-order valence-corrected chi connectivity index (χ2v) is 9.03. The molecule has 0 bridgehead atoms. The van der Waals surface area contributed by atoms with Gasteiger partial charge in [-0.3, -0.25) is 9.36 Å². The van der Waals surface area contributed by atoms with Crippen LogP contribution in [0.3, 0.4) is 0 Å². The van der Waals surface area contributed by atoms with Crippen molar-refractivity contribution in [1.82, 2.24) is 19.2 Å². The number of carbonyl (C=O) groups excluding carboxylic acids is 1. The van der Waals surface area contributed by atoms with Gasteiger partial charge in [-0.25, -0.2) is 9.48 Å². The number of ether oxygens (including phenoxy) is 1. The molecule has 0 unspecified atom stereocenters. The molecule has 0 atom stereocenters. The third-order valence-corrected chi connectivity index (χ3v) is 6.97. The minimum Gasteiger partial charge on any atom is -0.484 e. The zero-order chi connectivity index (χ0) is 22.1. The van der Waals surface area contributed by atoms with E-state index in [0.717, 1.165) is 42.3 Å². The number of rotatable bonds is 5. The maximum Gasteiger partial charge on any atom is 0.345 e. The summed E-state index contributed by atoms with van der Waals surface area (Å²) in [6.45, 7) is 1.37. The van der Waals surface area contributed by atoms with Gasteiger partial charge in [0.1, 0.15) is 11.6 Å². The molecular weight excluding hydrogens is 404 g/mol. The normalized spacial score (nSPS) is 17.8. The summed E-state index contributed by atoms with van der Waals surface area (Å²) < 4.78 is 9.21. The van der Waals surface area contributed by atoms with Crippen molar-refractivity contribution in [3.63, 3.8) is 0 Å². The van der Waals surface area contributed by atoms with Gasteiger partial charge in [-0.1, -0.05) is 43.2 Å². The van der Waals surface area contributed by atoms with Gasteiger partial charge in [0.05, 0.1) is 0 Å². The summed E-state index contributed by atoms with van der Waals surface area (Å²) in [5, 5.41) is 6.84. The van der Waals surface area contributed by atoms with Crippen LogP contribution in [0.4, 0.5) is 0 Å². The van der Waals surface area contributed by atoms with Gasteiger partial charge < -0.3 is 9.64 Å². The lowest BCUT2D eigenvalue weighted by Gasteiger charge is -2.32. The third-order valence-electron chi connectivity index (χ3n) is 6.97. The Labute approximate surface area is 187 Å². The Kier molecular flexibility index (Phi) is 5.72. The molecule has 1 aromatic heterocycles. The fourth-order valence-corrected chi connectivity index (χ4v) is 5.16. The second-order valence-electron chi connectivity index (χ2n) is 9.03. The predicted octanol–water partition coefficient (Wildman–Crippen LogP) is 3.64. The van der Waals surface area contributed by atoms with Crippen molar-refractivity contribution in [2.75, 3.05) is 19.7 Å². The number of likely N-dealkylation sites (tertiary alicyclic amines) is 1. The number of aromatic nitrogens is 3. The summed E-state index contributed by atoms with van der Waals surface area (Å²) in [4.78, 5) is 27.3. The Bertz CT molecular complexity index is 1170. The van der Waals surface area contributed by atoms with E-state index in [1.807, 2.05) is 45.9 Å². The highest BCUT2D eigenvalue weighted by atomic mass is 16.5. The fourth-order valence-electron chi connectivity index (χ4n) is 5.16. The third kappa shape index (κ3) is 4.04. The molecular formula is C25H30N4O3. The molecule has 1 saturated heterocycles. The van der Waals surface area contributed by atoms with Gasteiger partial charge in [0.25, 0.3) is 5.91 Å². The minimum atomic E-state index is -0.00538. The van der Waals surface area contributed by atoms with E-state index < -0.39 is 0 Å². The molecule has 0 spiro atoms. The molecule has 1 aliphatic heterocycles. The van der Waals surface area contributed by atoms with Crippen molar-refractivity contribution < 1.29 is 9.53 Å². The Hall–Kier alpha value is -3.09. The highest BCUT2D eigenvalue weighted by molar-refractivity contribution is 5.84. The lowest BCUT2D eigenvalue weighted by molar-refractivity contribution is -0.134. The van der Waals surface area contributed by atoms with Gasteiger partial charge in [0.15, 0.2) is 6.61 Å². The molecule has 1 amide bonds. The lowest BCUT2D eigenvalue weighted by Crippen LogP contribution is -2.41. The fraction of sp³-hybridized carbons (Fsp3) is 0.480. The molecule has 2 fully saturated rings. The van der Waals surface area contributed by atoms with Crippen LogP contribution in [0.25, 0.3) is 10.8 Å². The zero-order valence-corrected chi connectivity index (χ0v) is 18.6. The first-order chi connectivity index (χ1) is 15.6. The highest BCUT2D eigenvalue weighted by Crippen LogP contribution is 2.33. The lowest BCUT2D eigenvalue weighted by atomic mass is 9.95. The van der Waals surface area contributed by atoms with Crippen LogP contribution in [-0.2, 0) is 11.8 Å². The molecule has 5 rings (SSSR count). The van der Waals surface area contributed by atoms with Crippen molar-refractivity contribution in [1.29, 1.82) is 0 Å². The van der Waals surface area contributed by atoms with Crippen molar-refractivity contribution in [3.8, 4) is 5.75 Å². The molecule has 1 saturated carbocycles. The summed E-state index contributed by atoms with van der Waals surface area (Å²) in [5.74, 6) is 1.84. The Balaban J connectivity index is 1.20. The van der Waals surface area contributed by atoms with E-state index in [1.54, 1.807) is 7.05 Å². The monoisotopic (exact) mass is 434 g/mol. The van der Waals surface area contributed by atoms with Crippen LogP contribution in [0.5, 0.6) is 5.75 Å². The Morgan fingerprint density at radius 1 is 1.03 bits per heavy atom. The summed E-state index contributed by atoms with van der Waals surface area (Å²) in [6, 6.07) is 14.3. The standard InChI is InChI=1S/C25H30N4O3/c1-27-25(31)29(21-8-4-5-9-21)24(26-27)19-12-14-28(15-13-19)23(30)17-32-22-11-10-18-6-2-3-7-20(18)16-22/h2-3,6-7,10-11,16,19,21H,4-5,8-9,12-15,17H2,1H3. The summed E-state index contributed by atoms with van der Waals surface area (Å²) in [5.41, 5.74) is -0.00538. The van der Waals surface area contributed by atoms with Crippen molar-refractivity contribution in [2.24, 2.45) is 7.05 Å². The second kappa shape index (κ2) is 8.81. The van der Waals surface area contributed by atoms with Crippen LogP contribution in [0.15, 0.2) is 47.3 Å². The van der Waals surface area contributed by atoms with E-state index in [4.69, 9.17) is 4.74 Å². The predicted molar refractivity (Wildman–Crippen MR) is 123 cm³/mol. The van der Waals surface area contributed by atoms with Crippen LogP contribution in [0.2, 0.25) is 0 Å². The largest absolute Gasteiger partial charge is 0.484 e. The van der Waals surface area contributed by atoms with Gasteiger partial charge in [-0.05, 0) is 48.6 Å². The quantitative estimate of drug-likeness (QED) is 0.615. The minimum absolute atomic E-state index is 0.00538. The molecule has 2 heterocycles. The van der Waals surface area contributed by atoms with E-state index in [1.165, 1.54) is 17.5 Å². The SMILES string of the molecule is Cn1nc(C2CCN(C(=O)COc3ccc4ccccc4c3)CC2)n(C2CCCC2)c1=O. The first-order valence-electron chi connectivity index (χ1n) is 11.6. The van der Waals surface area contributed by atoms with E-state index in [0.29, 0.717) is 18.8 Å². The maximum atomic E-state index is 12.7. The first-order valence-corrected chi connectivity index (χ1v) is 11.6. The molecule has 0 N–H and O–H groups in total. The number of fused-ring (bicyclic) bond motifs is 1. The average molecular weight is 435 g/mol. The molecule has 2 aliphatic rings. The van der Waals surface area contributed by atoms with Crippen molar-refractivity contribution >= 4 is 16.7 Å². The number of nitrogens with zero attached hydrogens (tertiary/aromatic N) is 4. The Morgan fingerprint density at radius 3 is 2.50 bits per heavy atom. The summed E-state index contributed by atoms with van der Waals surface area (Å²) in [6.07, 6.45) is 6.12. The Morgan fingerprint density at radius 2 is 1.75 bits per heavy atom. The molecule has 7 nitrogen and oxygen atoms in total. The molecule has 7 heteroatoms. The number of aryl methyl sites for hydroxylation is 1. The van der Waals surface area contributed by atoms with Crippen LogP contribution < -0.4 is 10.4 Å². The van der Waals surface area contributed by atoms with Crippen LogP contribution >= 0.6 is 0 Å². The number of hydrogen-bond acceptors (Lipinski definition) is 4. The number of carbonyl (C=O) groups is 1. The van der Waals surface area contributed by atoms with Crippen molar-refractivity contribution in [2.45, 2.75) is 50.5 Å². The van der Waals surface area contributed by atoms with E-state index in [2.05, 4.69) is 11.2 Å². The molecule has 0 radical (unpaired) electrons. The molecule has 1 aliphatic carbocycles. The van der Waals surface area contributed by atoms with Gasteiger partial charge >= 0.3 is 5.69 Å². The molecule has 2 aromatic carbocycles. The van der Waals surface area contributed by atoms with E-state index in [-0.39, 0.29) is 30.2 Å². The average Bonchev–Trinajstić information content (AvgIpc) is 3.45. The summed E-state index contributed by atoms with van der Waals surface area (Å²) >= 11 is 0. The van der Waals surface area contributed by atoms with E-state index in [9.17, 15) is 9.59 Å². The summed E-state index contributed by atoms with van der Waals surface area (Å²) in [7, 11) is 1.74. The van der Waals surface area contributed by atoms with Gasteiger partial charge in [-0.15, -0.1) is 0 Å². The smallest absolute Gasteiger partial charge is 0.345 e. The van der Waals surface area contributed by atoms with Crippen LogP contribution in [0, 0.1) is 0 Å². The van der Waals surface area contributed by atoms with Crippen LogP contribution in [-0.4, -0.2) is 44.9 Å². The van der Waals surface area contributed by atoms with Gasteiger partial charge in [0.2, 0.25) is 0 Å². The molecule has 168 valence electrons.